The van der Waals surface area contributed by atoms with E-state index in [1.54, 1.807) is 0 Å². The molecule has 0 saturated heterocycles. The summed E-state index contributed by atoms with van der Waals surface area (Å²) in [6.45, 7) is 4.64. The van der Waals surface area contributed by atoms with E-state index in [1.807, 2.05) is 17.4 Å². The largest absolute Gasteiger partial charge is 0.247 e. The third kappa shape index (κ3) is 4.70. The highest BCUT2D eigenvalue weighted by Crippen LogP contribution is 2.50. The van der Waals surface area contributed by atoms with Crippen molar-refractivity contribution in [3.63, 3.8) is 0 Å². The van der Waals surface area contributed by atoms with Gasteiger partial charge >= 0.3 is 0 Å². The van der Waals surface area contributed by atoms with Crippen LogP contribution in [0.2, 0.25) is 0 Å². The molecule has 0 radical (unpaired) electrons. The third-order valence-corrected chi connectivity index (χ3v) is 12.4. The smallest absolute Gasteiger partial charge is 0.160 e. The summed E-state index contributed by atoms with van der Waals surface area (Å²) < 4.78 is 2.57. The second kappa shape index (κ2) is 11.8. The molecule has 0 N–H and O–H groups in total. The number of rotatable bonds is 4. The van der Waals surface area contributed by atoms with Gasteiger partial charge in [-0.3, -0.25) is 0 Å². The van der Waals surface area contributed by atoms with Gasteiger partial charge in [-0.15, -0.1) is 11.3 Å². The van der Waals surface area contributed by atoms with Crippen LogP contribution in [0.15, 0.2) is 164 Å². The third-order valence-electron chi connectivity index (χ3n) is 11.3. The second-order valence-electron chi connectivity index (χ2n) is 14.8. The minimum absolute atomic E-state index is 0.0573. The molecule has 4 heteroatoms. The van der Waals surface area contributed by atoms with Crippen LogP contribution >= 0.6 is 11.3 Å². The van der Waals surface area contributed by atoms with E-state index in [0.717, 1.165) is 55.6 Å². The second-order valence-corrected chi connectivity index (χ2v) is 15.9. The van der Waals surface area contributed by atoms with Crippen LogP contribution < -0.4 is 0 Å². The van der Waals surface area contributed by atoms with E-state index in [0.29, 0.717) is 5.82 Å². The topological polar surface area (TPSA) is 38.7 Å². The van der Waals surface area contributed by atoms with Crippen LogP contribution in [0.3, 0.4) is 0 Å². The molecule has 0 unspecified atom stereocenters. The van der Waals surface area contributed by atoms with E-state index >= 15 is 0 Å². The number of nitrogens with zero attached hydrogens (tertiary/aromatic N) is 3. The minimum atomic E-state index is -0.0573. The van der Waals surface area contributed by atoms with E-state index in [1.165, 1.54) is 47.8 Å². The molecule has 0 atom stereocenters. The molecule has 3 heterocycles. The van der Waals surface area contributed by atoms with Crippen LogP contribution in [0.5, 0.6) is 0 Å². The van der Waals surface area contributed by atoms with Crippen LogP contribution in [-0.2, 0) is 5.41 Å². The van der Waals surface area contributed by atoms with Crippen molar-refractivity contribution in [3.8, 4) is 56.3 Å². The van der Waals surface area contributed by atoms with Crippen LogP contribution in [0.25, 0.3) is 98.1 Å². The summed E-state index contributed by atoms with van der Waals surface area (Å²) in [5.74, 6) is 0.678. The summed E-state index contributed by atoms with van der Waals surface area (Å²) in [5, 5.41) is 6.09. The summed E-state index contributed by atoms with van der Waals surface area (Å²) >= 11 is 1.85. The molecule has 254 valence electrons. The Kier molecular flexibility index (Phi) is 6.77. The van der Waals surface area contributed by atoms with Gasteiger partial charge in [0.15, 0.2) is 5.82 Å². The van der Waals surface area contributed by atoms with Crippen LogP contribution in [0.4, 0.5) is 0 Å². The quantitative estimate of drug-likeness (QED) is 0.171. The monoisotopic (exact) mass is 707 g/mol. The van der Waals surface area contributed by atoms with Gasteiger partial charge in [-0.2, -0.15) is 0 Å². The Balaban J connectivity index is 1.15. The van der Waals surface area contributed by atoms with Crippen molar-refractivity contribution in [3.05, 3.63) is 175 Å². The van der Waals surface area contributed by atoms with Gasteiger partial charge in [0, 0.05) is 64.0 Å². The lowest BCUT2D eigenvalue weighted by Gasteiger charge is -2.21. The maximum absolute atomic E-state index is 5.41. The fourth-order valence-corrected chi connectivity index (χ4v) is 9.74. The van der Waals surface area contributed by atoms with Gasteiger partial charge in [-0.1, -0.05) is 147 Å². The molecule has 54 heavy (non-hydrogen) atoms. The molecule has 0 aliphatic heterocycles. The highest BCUT2D eigenvalue weighted by molar-refractivity contribution is 7.26. The molecule has 0 bridgehead atoms. The zero-order valence-electron chi connectivity index (χ0n) is 29.8. The van der Waals surface area contributed by atoms with Gasteiger partial charge in [0.2, 0.25) is 0 Å². The molecule has 3 aromatic heterocycles. The molecule has 1 aliphatic carbocycles. The molecule has 0 fully saturated rings. The standard InChI is InChI=1S/C50H33N3S/c1-50(2)39-19-11-9-17-34(39)38-27-32(22-25-40(38)50)42-29-41(30-13-5-3-6-14-30)52-49(53-42)33-21-23-35-43(28-33)51-48(31-15-7-4-8-16-31)37-24-26-45-47(46(35)37)36-18-10-12-20-44(36)54-45/h3-29H,1-2H3. The number of fused-ring (bicyclic) bond motifs is 10. The van der Waals surface area contributed by atoms with Crippen LogP contribution in [-0.4, -0.2) is 15.0 Å². The summed E-state index contributed by atoms with van der Waals surface area (Å²) in [6.07, 6.45) is 0. The number of hydrogen-bond acceptors (Lipinski definition) is 4. The normalized spacial score (nSPS) is 13.1. The molecular formula is C50H33N3S. The predicted octanol–water partition coefficient (Wildman–Crippen LogP) is 13.5. The van der Waals surface area contributed by atoms with Gasteiger partial charge in [0.25, 0.3) is 0 Å². The molecule has 0 saturated carbocycles. The first-order valence-electron chi connectivity index (χ1n) is 18.4. The van der Waals surface area contributed by atoms with Crippen molar-refractivity contribution >= 4 is 53.2 Å². The van der Waals surface area contributed by atoms with Gasteiger partial charge in [-0.05, 0) is 52.6 Å². The zero-order chi connectivity index (χ0) is 36.0. The number of hydrogen-bond donors (Lipinski definition) is 0. The van der Waals surface area contributed by atoms with Crippen LogP contribution in [0, 0.1) is 0 Å². The Morgan fingerprint density at radius 1 is 0.426 bits per heavy atom. The first-order valence-corrected chi connectivity index (χ1v) is 19.3. The number of aromatic nitrogens is 3. The average Bonchev–Trinajstić information content (AvgIpc) is 3.72. The first-order chi connectivity index (χ1) is 26.5. The number of benzene rings is 7. The van der Waals surface area contributed by atoms with Gasteiger partial charge in [0.05, 0.1) is 22.6 Å². The van der Waals surface area contributed by atoms with Crippen molar-refractivity contribution in [1.29, 1.82) is 0 Å². The fourth-order valence-electron chi connectivity index (χ4n) is 8.63. The predicted molar refractivity (Wildman–Crippen MR) is 227 cm³/mol. The van der Waals surface area contributed by atoms with Crippen molar-refractivity contribution in [2.45, 2.75) is 19.3 Å². The maximum atomic E-state index is 5.41. The van der Waals surface area contributed by atoms with Crippen molar-refractivity contribution in [2.24, 2.45) is 0 Å². The molecule has 1 aliphatic rings. The van der Waals surface area contributed by atoms with E-state index in [9.17, 15) is 0 Å². The lowest BCUT2D eigenvalue weighted by atomic mass is 9.82. The molecular weight excluding hydrogens is 675 g/mol. The van der Waals surface area contributed by atoms with E-state index in [4.69, 9.17) is 15.0 Å². The number of thiophene rings is 1. The first kappa shape index (κ1) is 31.1. The number of pyridine rings is 1. The Labute approximate surface area is 317 Å². The van der Waals surface area contributed by atoms with Crippen molar-refractivity contribution < 1.29 is 0 Å². The molecule has 3 nitrogen and oxygen atoms in total. The van der Waals surface area contributed by atoms with E-state index in [-0.39, 0.29) is 5.41 Å². The van der Waals surface area contributed by atoms with E-state index < -0.39 is 0 Å². The molecule has 0 spiro atoms. The van der Waals surface area contributed by atoms with Gasteiger partial charge in [0.1, 0.15) is 0 Å². The Bertz CT molecular complexity index is 3120. The molecule has 0 amide bonds. The van der Waals surface area contributed by atoms with Crippen LogP contribution in [0.1, 0.15) is 25.0 Å². The maximum Gasteiger partial charge on any atom is 0.160 e. The average molecular weight is 708 g/mol. The van der Waals surface area contributed by atoms with Gasteiger partial charge in [-0.25, -0.2) is 15.0 Å². The van der Waals surface area contributed by atoms with Crippen molar-refractivity contribution in [1.82, 2.24) is 15.0 Å². The SMILES string of the molecule is CC1(C)c2ccccc2-c2cc(-c3cc(-c4ccccc4)nc(-c4ccc5c(c4)nc(-c4ccccc4)c4ccc6sc7ccccc7c6c45)n3)ccc21. The molecule has 11 rings (SSSR count). The fraction of sp³-hybridized carbons (Fsp3) is 0.0600. The Morgan fingerprint density at radius 2 is 1.09 bits per heavy atom. The summed E-state index contributed by atoms with van der Waals surface area (Å²) in [7, 11) is 0. The minimum Gasteiger partial charge on any atom is -0.247 e. The summed E-state index contributed by atoms with van der Waals surface area (Å²) in [4.78, 5) is 16.0. The summed E-state index contributed by atoms with van der Waals surface area (Å²) in [6, 6.07) is 58.6. The van der Waals surface area contributed by atoms with Crippen molar-refractivity contribution in [2.75, 3.05) is 0 Å². The summed E-state index contributed by atoms with van der Waals surface area (Å²) in [5.41, 5.74) is 13.1. The lowest BCUT2D eigenvalue weighted by molar-refractivity contribution is 0.660. The Hall–Kier alpha value is -6.49. The zero-order valence-corrected chi connectivity index (χ0v) is 30.7. The lowest BCUT2D eigenvalue weighted by Crippen LogP contribution is -2.14. The Morgan fingerprint density at radius 3 is 1.93 bits per heavy atom. The highest BCUT2D eigenvalue weighted by atomic mass is 32.1. The molecule has 10 aromatic rings. The van der Waals surface area contributed by atoms with Gasteiger partial charge < -0.3 is 0 Å². The molecule has 7 aromatic carbocycles. The van der Waals surface area contributed by atoms with E-state index in [2.05, 4.69) is 172 Å². The highest BCUT2D eigenvalue weighted by Gasteiger charge is 2.35.